The molecule has 1 fully saturated rings. The van der Waals surface area contributed by atoms with Gasteiger partial charge in [-0.25, -0.2) is 4.79 Å². The van der Waals surface area contributed by atoms with Crippen molar-refractivity contribution in [2.75, 3.05) is 25.0 Å². The van der Waals surface area contributed by atoms with Crippen molar-refractivity contribution in [2.45, 2.75) is 66.3 Å². The van der Waals surface area contributed by atoms with Crippen molar-refractivity contribution in [1.29, 1.82) is 0 Å². The molecule has 0 bridgehead atoms. The van der Waals surface area contributed by atoms with E-state index in [2.05, 4.69) is 35.1 Å². The molecule has 1 aliphatic rings. The number of anilines is 1. The van der Waals surface area contributed by atoms with Gasteiger partial charge in [0.2, 0.25) is 0 Å². The molecule has 1 atom stereocenters. The van der Waals surface area contributed by atoms with Gasteiger partial charge in [0.05, 0.1) is 0 Å². The molecule has 7 heteroatoms. The number of piperazine rings is 1. The molecule has 1 aromatic heterocycles. The van der Waals surface area contributed by atoms with Crippen LogP contribution in [0.25, 0.3) is 0 Å². The number of benzene rings is 1. The van der Waals surface area contributed by atoms with Crippen LogP contribution in [0.3, 0.4) is 0 Å². The predicted octanol–water partition coefficient (Wildman–Crippen LogP) is 5.41. The normalized spacial score (nSPS) is 17.3. The number of nitrogens with one attached hydrogen (secondary N) is 1. The van der Waals surface area contributed by atoms with E-state index in [0.29, 0.717) is 13.1 Å². The van der Waals surface area contributed by atoms with E-state index in [1.165, 1.54) is 11.1 Å². The van der Waals surface area contributed by atoms with E-state index in [1.807, 2.05) is 57.0 Å². The number of amides is 1. The molecule has 6 nitrogen and oxygen atoms in total. The fraction of sp³-hybridized carbons (Fsp3) is 0.520. The van der Waals surface area contributed by atoms with Gasteiger partial charge < -0.3 is 15.0 Å². The molecule has 32 heavy (non-hydrogen) atoms. The van der Waals surface area contributed by atoms with Crippen LogP contribution in [-0.4, -0.2) is 52.2 Å². The van der Waals surface area contributed by atoms with Crippen LogP contribution < -0.4 is 5.32 Å². The van der Waals surface area contributed by atoms with Gasteiger partial charge in [-0.2, -0.15) is 0 Å². The molecule has 0 spiro atoms. The van der Waals surface area contributed by atoms with E-state index < -0.39 is 5.60 Å². The van der Waals surface area contributed by atoms with E-state index in [-0.39, 0.29) is 12.1 Å². The zero-order chi connectivity index (χ0) is 23.5. The molecule has 2 heterocycles. The van der Waals surface area contributed by atoms with Crippen molar-refractivity contribution in [3.8, 4) is 0 Å². The van der Waals surface area contributed by atoms with Crippen molar-refractivity contribution < 1.29 is 9.53 Å². The Hall–Kier alpha value is -2.31. The number of carbonyl (C=O) groups excluding carboxylic acids is 1. The number of hydrogen-bond donors (Lipinski definition) is 1. The minimum Gasteiger partial charge on any atom is -0.444 e. The van der Waals surface area contributed by atoms with Crippen molar-refractivity contribution in [3.05, 3.63) is 57.9 Å². The highest BCUT2D eigenvalue weighted by molar-refractivity contribution is 6.31. The van der Waals surface area contributed by atoms with Crippen molar-refractivity contribution in [3.63, 3.8) is 0 Å². The Morgan fingerprint density at radius 1 is 1.25 bits per heavy atom. The molecule has 1 saturated heterocycles. The maximum atomic E-state index is 12.5. The molecule has 1 N–H and O–H groups in total. The predicted molar refractivity (Wildman–Crippen MR) is 130 cm³/mol. The van der Waals surface area contributed by atoms with Gasteiger partial charge in [-0.1, -0.05) is 17.7 Å². The van der Waals surface area contributed by atoms with Crippen LogP contribution in [0.5, 0.6) is 0 Å². The first-order valence-corrected chi connectivity index (χ1v) is 11.6. The Morgan fingerprint density at radius 3 is 2.62 bits per heavy atom. The van der Waals surface area contributed by atoms with Gasteiger partial charge >= 0.3 is 6.09 Å². The monoisotopic (exact) mass is 458 g/mol. The number of hydrogen-bond acceptors (Lipinski definition) is 5. The van der Waals surface area contributed by atoms with E-state index in [1.54, 1.807) is 0 Å². The van der Waals surface area contributed by atoms with Crippen molar-refractivity contribution in [1.82, 2.24) is 14.8 Å². The lowest BCUT2D eigenvalue weighted by atomic mass is 10.0. The molecule has 0 radical (unpaired) electrons. The van der Waals surface area contributed by atoms with Crippen molar-refractivity contribution >= 4 is 23.4 Å². The summed E-state index contributed by atoms with van der Waals surface area (Å²) in [5.74, 6) is 0. The van der Waals surface area contributed by atoms with Crippen LogP contribution in [0.15, 0.2) is 30.5 Å². The van der Waals surface area contributed by atoms with Gasteiger partial charge in [-0.15, -0.1) is 0 Å². The number of halogens is 1. The molecule has 0 unspecified atom stereocenters. The highest BCUT2D eigenvalue weighted by atomic mass is 35.5. The van der Waals surface area contributed by atoms with E-state index in [9.17, 15) is 4.79 Å². The van der Waals surface area contributed by atoms with Crippen LogP contribution in [0.1, 0.15) is 50.1 Å². The number of carbonyl (C=O) groups is 1. The number of ether oxygens (including phenoxy) is 1. The topological polar surface area (TPSA) is 57.7 Å². The first-order chi connectivity index (χ1) is 15.0. The lowest BCUT2D eigenvalue weighted by Gasteiger charge is -2.40. The third-order valence-corrected chi connectivity index (χ3v) is 5.89. The maximum Gasteiger partial charge on any atom is 0.410 e. The van der Waals surface area contributed by atoms with Gasteiger partial charge in [-0.05, 0) is 76.4 Å². The highest BCUT2D eigenvalue weighted by Crippen LogP contribution is 2.27. The lowest BCUT2D eigenvalue weighted by Crippen LogP contribution is -2.54. The molecule has 1 aromatic carbocycles. The molecule has 0 aliphatic carbocycles. The standard InChI is InChI=1S/C25H35ClN4O2/c1-17-7-8-20(13-27-17)14-28-23-12-22(26)11-21(19(23)3)16-29-9-10-30(18(2)15-29)24(31)32-25(4,5)6/h7-8,11-13,18,28H,9-10,14-16H2,1-6H3/t18-/m0/s1. The summed E-state index contributed by atoms with van der Waals surface area (Å²) in [4.78, 5) is 21.1. The van der Waals surface area contributed by atoms with E-state index in [4.69, 9.17) is 16.3 Å². The average Bonchev–Trinajstić information content (AvgIpc) is 2.69. The summed E-state index contributed by atoms with van der Waals surface area (Å²) in [7, 11) is 0. The minimum atomic E-state index is -0.482. The largest absolute Gasteiger partial charge is 0.444 e. The second-order valence-corrected chi connectivity index (χ2v) is 10.1. The number of pyridine rings is 1. The van der Waals surface area contributed by atoms with E-state index >= 15 is 0 Å². The summed E-state index contributed by atoms with van der Waals surface area (Å²) in [5, 5.41) is 4.23. The fourth-order valence-electron chi connectivity index (χ4n) is 3.89. The summed E-state index contributed by atoms with van der Waals surface area (Å²) < 4.78 is 5.56. The van der Waals surface area contributed by atoms with E-state index in [0.717, 1.165) is 41.6 Å². The highest BCUT2D eigenvalue weighted by Gasteiger charge is 2.31. The van der Waals surface area contributed by atoms with Crippen LogP contribution in [0.4, 0.5) is 10.5 Å². The molecule has 1 amide bonds. The van der Waals surface area contributed by atoms with Crippen LogP contribution in [0.2, 0.25) is 5.02 Å². The van der Waals surface area contributed by atoms with Crippen LogP contribution >= 0.6 is 11.6 Å². The Balaban J connectivity index is 1.64. The summed E-state index contributed by atoms with van der Waals surface area (Å²) >= 11 is 6.46. The molecule has 3 rings (SSSR count). The zero-order valence-corrected chi connectivity index (χ0v) is 20.8. The Labute approximate surface area is 196 Å². The summed E-state index contributed by atoms with van der Waals surface area (Å²) in [6.45, 7) is 15.6. The van der Waals surface area contributed by atoms with Crippen LogP contribution in [0, 0.1) is 13.8 Å². The maximum absolute atomic E-state index is 12.5. The minimum absolute atomic E-state index is 0.0877. The number of rotatable bonds is 5. The fourth-order valence-corrected chi connectivity index (χ4v) is 4.13. The summed E-state index contributed by atoms with van der Waals surface area (Å²) in [6, 6.07) is 8.21. The molecule has 2 aromatic rings. The molecule has 1 aliphatic heterocycles. The number of aromatic nitrogens is 1. The molecule has 174 valence electrons. The number of aryl methyl sites for hydroxylation is 1. The Bertz CT molecular complexity index is 940. The zero-order valence-electron chi connectivity index (χ0n) is 20.0. The van der Waals surface area contributed by atoms with Crippen molar-refractivity contribution in [2.24, 2.45) is 0 Å². The molecular formula is C25H35ClN4O2. The van der Waals surface area contributed by atoms with Gasteiger partial charge in [0, 0.05) is 61.4 Å². The second-order valence-electron chi connectivity index (χ2n) is 9.66. The lowest BCUT2D eigenvalue weighted by molar-refractivity contribution is 0.000541. The molecule has 0 saturated carbocycles. The van der Waals surface area contributed by atoms with Gasteiger partial charge in [0.25, 0.3) is 0 Å². The third-order valence-electron chi connectivity index (χ3n) is 5.67. The second kappa shape index (κ2) is 10.1. The smallest absolute Gasteiger partial charge is 0.410 e. The third kappa shape index (κ3) is 6.59. The summed E-state index contributed by atoms with van der Waals surface area (Å²) in [6.07, 6.45) is 1.66. The first-order valence-electron chi connectivity index (χ1n) is 11.2. The Morgan fingerprint density at radius 2 is 2.00 bits per heavy atom. The average molecular weight is 459 g/mol. The van der Waals surface area contributed by atoms with Gasteiger partial charge in [0.1, 0.15) is 5.60 Å². The van der Waals surface area contributed by atoms with Gasteiger partial charge in [0.15, 0.2) is 0 Å². The van der Waals surface area contributed by atoms with Gasteiger partial charge in [-0.3, -0.25) is 9.88 Å². The quantitative estimate of drug-likeness (QED) is 0.649. The number of nitrogens with zero attached hydrogens (tertiary/aromatic N) is 3. The SMILES string of the molecule is Cc1ccc(CNc2cc(Cl)cc(CN3CCN(C(=O)OC(C)(C)C)[C@@H](C)C3)c2C)cn1. The summed E-state index contributed by atoms with van der Waals surface area (Å²) in [5.41, 5.74) is 5.08. The van der Waals surface area contributed by atoms with Crippen LogP contribution in [-0.2, 0) is 17.8 Å². The molecular weight excluding hydrogens is 424 g/mol. The Kier molecular flexibility index (Phi) is 7.67. The first kappa shape index (κ1) is 24.3.